The van der Waals surface area contributed by atoms with Gasteiger partial charge in [-0.3, -0.25) is 4.79 Å². The third-order valence-corrected chi connectivity index (χ3v) is 4.22. The second kappa shape index (κ2) is 4.53. The molecule has 0 saturated heterocycles. The van der Waals surface area contributed by atoms with Gasteiger partial charge in [0.1, 0.15) is 0 Å². The Kier molecular flexibility index (Phi) is 2.88. The van der Waals surface area contributed by atoms with Crippen molar-refractivity contribution in [2.24, 2.45) is 0 Å². The lowest BCUT2D eigenvalue weighted by Gasteiger charge is -1.99. The van der Waals surface area contributed by atoms with Crippen LogP contribution in [-0.4, -0.2) is 16.1 Å². The van der Waals surface area contributed by atoms with E-state index in [1.54, 1.807) is 11.3 Å². The standard InChI is InChI=1S/C14H13NO2S/c16-12(17)8-11-13(9-4-2-1-3-5-9)15-14(18-11)10-6-7-10/h1-5,10H,6-8H2,(H,16,17). The summed E-state index contributed by atoms with van der Waals surface area (Å²) in [6.45, 7) is 0. The van der Waals surface area contributed by atoms with Gasteiger partial charge in [0.15, 0.2) is 0 Å². The number of carboxylic acid groups (broad SMARTS) is 1. The molecule has 0 spiro atoms. The summed E-state index contributed by atoms with van der Waals surface area (Å²) >= 11 is 1.56. The molecule has 0 radical (unpaired) electrons. The van der Waals surface area contributed by atoms with Crippen LogP contribution in [0.4, 0.5) is 0 Å². The van der Waals surface area contributed by atoms with Gasteiger partial charge in [-0.15, -0.1) is 11.3 Å². The maximum absolute atomic E-state index is 10.9. The van der Waals surface area contributed by atoms with E-state index < -0.39 is 5.97 Å². The molecule has 0 atom stereocenters. The highest BCUT2D eigenvalue weighted by atomic mass is 32.1. The van der Waals surface area contributed by atoms with Gasteiger partial charge in [0.2, 0.25) is 0 Å². The molecule has 1 aromatic heterocycles. The summed E-state index contributed by atoms with van der Waals surface area (Å²) in [4.78, 5) is 16.4. The molecule has 0 unspecified atom stereocenters. The van der Waals surface area contributed by atoms with Crippen molar-refractivity contribution < 1.29 is 9.90 Å². The largest absolute Gasteiger partial charge is 0.481 e. The zero-order valence-corrected chi connectivity index (χ0v) is 10.6. The van der Waals surface area contributed by atoms with Gasteiger partial charge in [0.05, 0.1) is 17.1 Å². The summed E-state index contributed by atoms with van der Waals surface area (Å²) in [5.74, 6) is -0.224. The first-order valence-electron chi connectivity index (χ1n) is 6.01. The quantitative estimate of drug-likeness (QED) is 0.916. The third kappa shape index (κ3) is 2.29. The maximum Gasteiger partial charge on any atom is 0.308 e. The Labute approximate surface area is 109 Å². The maximum atomic E-state index is 10.9. The van der Waals surface area contributed by atoms with Gasteiger partial charge >= 0.3 is 5.97 Å². The second-order valence-electron chi connectivity index (χ2n) is 4.53. The number of rotatable bonds is 4. The van der Waals surface area contributed by atoms with Crippen molar-refractivity contribution in [2.75, 3.05) is 0 Å². The Morgan fingerprint density at radius 2 is 2.06 bits per heavy atom. The molecule has 18 heavy (non-hydrogen) atoms. The molecule has 2 aromatic rings. The van der Waals surface area contributed by atoms with Crippen molar-refractivity contribution >= 4 is 17.3 Å². The van der Waals surface area contributed by atoms with E-state index in [1.165, 1.54) is 12.8 Å². The van der Waals surface area contributed by atoms with E-state index in [2.05, 4.69) is 4.98 Å². The molecule has 92 valence electrons. The SMILES string of the molecule is O=C(O)Cc1sc(C2CC2)nc1-c1ccccc1. The molecule has 1 saturated carbocycles. The average Bonchev–Trinajstić information content (AvgIpc) is 3.12. The van der Waals surface area contributed by atoms with Crippen molar-refractivity contribution in [3.8, 4) is 11.3 Å². The summed E-state index contributed by atoms with van der Waals surface area (Å²) in [5, 5.41) is 10.1. The van der Waals surface area contributed by atoms with Crippen molar-refractivity contribution in [2.45, 2.75) is 25.2 Å². The van der Waals surface area contributed by atoms with E-state index >= 15 is 0 Å². The molecule has 3 rings (SSSR count). The fraction of sp³-hybridized carbons (Fsp3) is 0.286. The zero-order valence-electron chi connectivity index (χ0n) is 9.80. The highest BCUT2D eigenvalue weighted by molar-refractivity contribution is 7.12. The predicted molar refractivity (Wildman–Crippen MR) is 70.9 cm³/mol. The summed E-state index contributed by atoms with van der Waals surface area (Å²) in [6, 6.07) is 9.83. The normalized spacial score (nSPS) is 14.7. The molecule has 3 nitrogen and oxygen atoms in total. The van der Waals surface area contributed by atoms with Crippen LogP contribution in [0.2, 0.25) is 0 Å². The van der Waals surface area contributed by atoms with Gasteiger partial charge in [-0.25, -0.2) is 4.98 Å². The Morgan fingerprint density at radius 1 is 1.33 bits per heavy atom. The smallest absolute Gasteiger partial charge is 0.308 e. The van der Waals surface area contributed by atoms with Crippen LogP contribution < -0.4 is 0 Å². The second-order valence-corrected chi connectivity index (χ2v) is 5.65. The highest BCUT2D eigenvalue weighted by Crippen LogP contribution is 2.44. The Bertz CT molecular complexity index is 573. The molecule has 1 aliphatic carbocycles. The molecule has 1 aliphatic rings. The fourth-order valence-electron chi connectivity index (χ4n) is 1.95. The molecule has 1 aromatic carbocycles. The number of hydrogen-bond donors (Lipinski definition) is 1. The van der Waals surface area contributed by atoms with Gasteiger partial charge < -0.3 is 5.11 Å². The fourth-order valence-corrected chi connectivity index (χ4v) is 3.20. The molecule has 4 heteroatoms. The highest BCUT2D eigenvalue weighted by Gasteiger charge is 2.28. The molecule has 1 fully saturated rings. The molecule has 1 N–H and O–H groups in total. The van der Waals surface area contributed by atoms with Crippen LogP contribution in [0.1, 0.15) is 28.6 Å². The minimum absolute atomic E-state index is 0.0641. The minimum Gasteiger partial charge on any atom is -0.481 e. The molecule has 1 heterocycles. The van der Waals surface area contributed by atoms with Crippen molar-refractivity contribution in [1.29, 1.82) is 0 Å². The molecular formula is C14H13NO2S. The summed E-state index contributed by atoms with van der Waals surface area (Å²) < 4.78 is 0. The lowest BCUT2D eigenvalue weighted by molar-refractivity contribution is -0.136. The van der Waals surface area contributed by atoms with Gasteiger partial charge in [0, 0.05) is 16.4 Å². The monoisotopic (exact) mass is 259 g/mol. The number of aromatic nitrogens is 1. The van der Waals surface area contributed by atoms with Crippen LogP contribution in [0.5, 0.6) is 0 Å². The first-order valence-corrected chi connectivity index (χ1v) is 6.82. The first kappa shape index (κ1) is 11.4. The minimum atomic E-state index is -0.793. The first-order chi connectivity index (χ1) is 8.74. The summed E-state index contributed by atoms with van der Waals surface area (Å²) in [7, 11) is 0. The van der Waals surface area contributed by atoms with Crippen LogP contribution in [0.15, 0.2) is 30.3 Å². The summed E-state index contributed by atoms with van der Waals surface area (Å²) in [6.07, 6.45) is 2.44. The van der Waals surface area contributed by atoms with E-state index in [-0.39, 0.29) is 6.42 Å². The van der Waals surface area contributed by atoms with Gasteiger partial charge in [-0.2, -0.15) is 0 Å². The van der Waals surface area contributed by atoms with E-state index in [9.17, 15) is 4.79 Å². The number of thiazole rings is 1. The lowest BCUT2D eigenvalue weighted by atomic mass is 10.1. The van der Waals surface area contributed by atoms with E-state index in [0.29, 0.717) is 5.92 Å². The predicted octanol–water partition coefficient (Wildman–Crippen LogP) is 3.31. The van der Waals surface area contributed by atoms with Gasteiger partial charge in [-0.05, 0) is 12.8 Å². The van der Waals surface area contributed by atoms with Crippen LogP contribution in [0.3, 0.4) is 0 Å². The van der Waals surface area contributed by atoms with Gasteiger partial charge in [0.25, 0.3) is 0 Å². The van der Waals surface area contributed by atoms with E-state index in [0.717, 1.165) is 21.1 Å². The van der Waals surface area contributed by atoms with Crippen LogP contribution in [0, 0.1) is 0 Å². The average molecular weight is 259 g/mol. The topological polar surface area (TPSA) is 50.2 Å². The van der Waals surface area contributed by atoms with E-state index in [4.69, 9.17) is 5.11 Å². The van der Waals surface area contributed by atoms with Crippen molar-refractivity contribution in [3.63, 3.8) is 0 Å². The van der Waals surface area contributed by atoms with Crippen LogP contribution >= 0.6 is 11.3 Å². The van der Waals surface area contributed by atoms with Crippen LogP contribution in [-0.2, 0) is 11.2 Å². The number of nitrogens with zero attached hydrogens (tertiary/aromatic N) is 1. The Balaban J connectivity index is 2.02. The molecule has 0 amide bonds. The van der Waals surface area contributed by atoms with Gasteiger partial charge in [-0.1, -0.05) is 30.3 Å². The number of benzene rings is 1. The van der Waals surface area contributed by atoms with Crippen molar-refractivity contribution in [1.82, 2.24) is 4.98 Å². The van der Waals surface area contributed by atoms with Crippen molar-refractivity contribution in [3.05, 3.63) is 40.2 Å². The van der Waals surface area contributed by atoms with Crippen LogP contribution in [0.25, 0.3) is 11.3 Å². The Morgan fingerprint density at radius 3 is 2.67 bits per heavy atom. The molecule has 0 bridgehead atoms. The Hall–Kier alpha value is -1.68. The molecular weight excluding hydrogens is 246 g/mol. The van der Waals surface area contributed by atoms with E-state index in [1.807, 2.05) is 30.3 Å². The molecule has 0 aliphatic heterocycles. The number of hydrogen-bond acceptors (Lipinski definition) is 3. The summed E-state index contributed by atoms with van der Waals surface area (Å²) in [5.41, 5.74) is 1.86. The third-order valence-electron chi connectivity index (χ3n) is 3.00. The zero-order chi connectivity index (χ0) is 12.5. The lowest BCUT2D eigenvalue weighted by Crippen LogP contribution is -1.99. The number of aliphatic carboxylic acids is 1. The number of carboxylic acids is 1. The number of carbonyl (C=O) groups is 1.